The Morgan fingerprint density at radius 2 is 2.18 bits per heavy atom. The van der Waals surface area contributed by atoms with Crippen LogP contribution in [0.2, 0.25) is 0 Å². The summed E-state index contributed by atoms with van der Waals surface area (Å²) in [6.45, 7) is -1.15. The van der Waals surface area contributed by atoms with E-state index >= 15 is 0 Å². The van der Waals surface area contributed by atoms with Crippen molar-refractivity contribution in [1.29, 1.82) is 0 Å². The summed E-state index contributed by atoms with van der Waals surface area (Å²) in [6, 6.07) is 3.21. The lowest BCUT2D eigenvalue weighted by atomic mass is 10.0. The topological polar surface area (TPSA) is 46.5 Å². The number of carbonyl (C=O) groups is 1. The second kappa shape index (κ2) is 6.13. The minimum absolute atomic E-state index is 0.00296. The van der Waals surface area contributed by atoms with E-state index in [9.17, 15) is 13.6 Å². The van der Waals surface area contributed by atoms with Crippen molar-refractivity contribution >= 4 is 28.6 Å². The van der Waals surface area contributed by atoms with Crippen LogP contribution in [0.25, 0.3) is 0 Å². The molecular formula is C11H11F2IO3. The SMILES string of the molecule is CCc1c(I)ccc(CC(=O)O)c1OC(F)F. The molecule has 0 atom stereocenters. The van der Waals surface area contributed by atoms with Crippen LogP contribution < -0.4 is 4.74 Å². The first-order valence-corrected chi connectivity index (χ1v) is 6.00. The molecule has 1 N–H and O–H groups in total. The third-order valence-electron chi connectivity index (χ3n) is 2.19. The molecule has 1 aromatic rings. The van der Waals surface area contributed by atoms with Gasteiger partial charge in [0.15, 0.2) is 0 Å². The van der Waals surface area contributed by atoms with Crippen molar-refractivity contribution in [1.82, 2.24) is 0 Å². The summed E-state index contributed by atoms with van der Waals surface area (Å²) < 4.78 is 29.9. The first-order valence-electron chi connectivity index (χ1n) is 4.92. The van der Waals surface area contributed by atoms with Gasteiger partial charge in [-0.25, -0.2) is 0 Å². The molecular weight excluding hydrogens is 345 g/mol. The molecule has 0 radical (unpaired) electrons. The third kappa shape index (κ3) is 3.79. The van der Waals surface area contributed by atoms with Crippen LogP contribution in [0, 0.1) is 3.57 Å². The maximum Gasteiger partial charge on any atom is 0.387 e. The number of carboxylic acid groups (broad SMARTS) is 1. The third-order valence-corrected chi connectivity index (χ3v) is 3.20. The molecule has 6 heteroatoms. The number of hydrogen-bond donors (Lipinski definition) is 1. The van der Waals surface area contributed by atoms with Crippen LogP contribution >= 0.6 is 22.6 Å². The molecule has 3 nitrogen and oxygen atoms in total. The zero-order valence-corrected chi connectivity index (χ0v) is 11.2. The Bertz CT molecular complexity index is 421. The summed E-state index contributed by atoms with van der Waals surface area (Å²) >= 11 is 2.01. The zero-order valence-electron chi connectivity index (χ0n) is 9.04. The molecule has 0 amide bonds. The molecule has 94 valence electrons. The molecule has 0 unspecified atom stereocenters. The van der Waals surface area contributed by atoms with Gasteiger partial charge < -0.3 is 9.84 Å². The summed E-state index contributed by atoms with van der Waals surface area (Å²) in [4.78, 5) is 10.6. The fourth-order valence-corrected chi connectivity index (χ4v) is 2.33. The van der Waals surface area contributed by atoms with E-state index in [-0.39, 0.29) is 17.7 Å². The predicted octanol–water partition coefficient (Wildman–Crippen LogP) is 3.08. The quantitative estimate of drug-likeness (QED) is 0.825. The number of rotatable bonds is 5. The lowest BCUT2D eigenvalue weighted by Gasteiger charge is -2.15. The van der Waals surface area contributed by atoms with E-state index in [0.29, 0.717) is 12.0 Å². The molecule has 0 heterocycles. The Kier molecular flexibility index (Phi) is 5.10. The van der Waals surface area contributed by atoms with Gasteiger partial charge in [-0.2, -0.15) is 8.78 Å². The van der Waals surface area contributed by atoms with Gasteiger partial charge in [0.2, 0.25) is 0 Å². The van der Waals surface area contributed by atoms with Crippen LogP contribution in [0.5, 0.6) is 5.75 Å². The van der Waals surface area contributed by atoms with Crippen LogP contribution in [0.15, 0.2) is 12.1 Å². The Labute approximate surface area is 111 Å². The molecule has 0 aliphatic heterocycles. The molecule has 1 aromatic carbocycles. The van der Waals surface area contributed by atoms with Crippen molar-refractivity contribution in [3.63, 3.8) is 0 Å². The standard InChI is InChI=1S/C11H11F2IO3/c1-2-7-8(14)4-3-6(5-9(15)16)10(7)17-11(12)13/h3-4,11H,2,5H2,1H3,(H,15,16). The lowest BCUT2D eigenvalue weighted by molar-refractivity contribution is -0.136. The maximum atomic E-state index is 12.3. The first kappa shape index (κ1) is 14.1. The number of hydrogen-bond acceptors (Lipinski definition) is 2. The molecule has 0 saturated carbocycles. The average Bonchev–Trinajstić information content (AvgIpc) is 2.21. The molecule has 0 spiro atoms. The monoisotopic (exact) mass is 356 g/mol. The van der Waals surface area contributed by atoms with E-state index in [1.807, 2.05) is 22.6 Å². The number of halogens is 3. The van der Waals surface area contributed by atoms with Crippen molar-refractivity contribution in [2.45, 2.75) is 26.4 Å². The number of aliphatic carboxylic acids is 1. The second-order valence-corrected chi connectivity index (χ2v) is 4.48. The van der Waals surface area contributed by atoms with Crippen molar-refractivity contribution in [2.75, 3.05) is 0 Å². The summed E-state index contributed by atoms with van der Waals surface area (Å²) in [5.41, 5.74) is 0.889. The van der Waals surface area contributed by atoms with Gasteiger partial charge in [0.25, 0.3) is 0 Å². The van der Waals surface area contributed by atoms with E-state index in [0.717, 1.165) is 3.57 Å². The Morgan fingerprint density at radius 1 is 1.53 bits per heavy atom. The van der Waals surface area contributed by atoms with Gasteiger partial charge in [0.05, 0.1) is 6.42 Å². The van der Waals surface area contributed by atoms with Crippen LogP contribution in [0.4, 0.5) is 8.78 Å². The molecule has 0 bridgehead atoms. The van der Waals surface area contributed by atoms with Crippen LogP contribution in [-0.4, -0.2) is 17.7 Å². The van der Waals surface area contributed by atoms with Crippen molar-refractivity contribution in [2.24, 2.45) is 0 Å². The summed E-state index contributed by atoms with van der Waals surface area (Å²) in [5, 5.41) is 8.71. The van der Waals surface area contributed by atoms with Crippen molar-refractivity contribution in [3.05, 3.63) is 26.8 Å². The lowest BCUT2D eigenvalue weighted by Crippen LogP contribution is -2.10. The normalized spacial score (nSPS) is 10.6. The van der Waals surface area contributed by atoms with Crippen LogP contribution in [0.3, 0.4) is 0 Å². The van der Waals surface area contributed by atoms with Gasteiger partial charge in [-0.3, -0.25) is 4.79 Å². The van der Waals surface area contributed by atoms with Crippen molar-refractivity contribution < 1.29 is 23.4 Å². The Hall–Kier alpha value is -0.920. The highest BCUT2D eigenvalue weighted by Gasteiger charge is 2.17. The van der Waals surface area contributed by atoms with Gasteiger partial charge >= 0.3 is 12.6 Å². The fraction of sp³-hybridized carbons (Fsp3) is 0.364. The van der Waals surface area contributed by atoms with E-state index in [4.69, 9.17) is 5.11 Å². The average molecular weight is 356 g/mol. The van der Waals surface area contributed by atoms with Gasteiger partial charge in [-0.05, 0) is 35.1 Å². The first-order chi connectivity index (χ1) is 7.95. The van der Waals surface area contributed by atoms with Gasteiger partial charge in [-0.15, -0.1) is 0 Å². The van der Waals surface area contributed by atoms with Crippen molar-refractivity contribution in [3.8, 4) is 5.75 Å². The molecule has 17 heavy (non-hydrogen) atoms. The second-order valence-electron chi connectivity index (χ2n) is 3.32. The minimum Gasteiger partial charge on any atom is -0.481 e. The van der Waals surface area contributed by atoms with Gasteiger partial charge in [0, 0.05) is 14.7 Å². The molecule has 0 fully saturated rings. The van der Waals surface area contributed by atoms with Crippen LogP contribution in [0.1, 0.15) is 18.1 Å². The highest BCUT2D eigenvalue weighted by molar-refractivity contribution is 14.1. The predicted molar refractivity (Wildman–Crippen MR) is 66.5 cm³/mol. The number of alkyl halides is 2. The minimum atomic E-state index is -2.95. The van der Waals surface area contributed by atoms with E-state index in [2.05, 4.69) is 4.74 Å². The molecule has 0 aliphatic rings. The molecule has 0 aliphatic carbocycles. The highest BCUT2D eigenvalue weighted by Crippen LogP contribution is 2.30. The van der Waals surface area contributed by atoms with E-state index in [1.54, 1.807) is 13.0 Å². The largest absolute Gasteiger partial charge is 0.481 e. The molecule has 1 rings (SSSR count). The number of ether oxygens (including phenoxy) is 1. The van der Waals surface area contributed by atoms with Crippen LogP contribution in [-0.2, 0) is 17.6 Å². The summed E-state index contributed by atoms with van der Waals surface area (Å²) in [5.74, 6) is -1.08. The maximum absolute atomic E-state index is 12.3. The van der Waals surface area contributed by atoms with Gasteiger partial charge in [-0.1, -0.05) is 13.0 Å². The zero-order chi connectivity index (χ0) is 13.0. The summed E-state index contributed by atoms with van der Waals surface area (Å²) in [6.07, 6.45) is 0.180. The highest BCUT2D eigenvalue weighted by atomic mass is 127. The Balaban J connectivity index is 3.23. The van der Waals surface area contributed by atoms with E-state index < -0.39 is 12.6 Å². The fourth-order valence-electron chi connectivity index (χ4n) is 1.52. The van der Waals surface area contributed by atoms with Gasteiger partial charge in [0.1, 0.15) is 5.75 Å². The summed E-state index contributed by atoms with van der Waals surface area (Å²) in [7, 11) is 0. The molecule has 0 aromatic heterocycles. The number of carboxylic acids is 1. The smallest absolute Gasteiger partial charge is 0.387 e. The van der Waals surface area contributed by atoms with E-state index in [1.165, 1.54) is 6.07 Å². The molecule has 0 saturated heterocycles. The Morgan fingerprint density at radius 3 is 2.65 bits per heavy atom. The number of benzene rings is 1.